The zero-order valence-corrected chi connectivity index (χ0v) is 16.3. The highest BCUT2D eigenvalue weighted by Gasteiger charge is 2.33. The van der Waals surface area contributed by atoms with Gasteiger partial charge in [-0.3, -0.25) is 4.79 Å². The molecule has 0 saturated heterocycles. The Labute approximate surface area is 154 Å². The van der Waals surface area contributed by atoms with E-state index < -0.39 is 15.1 Å². The van der Waals surface area contributed by atoms with E-state index in [0.717, 1.165) is 25.7 Å². The summed E-state index contributed by atoms with van der Waals surface area (Å²) in [6.45, 7) is 1.46. The second kappa shape index (κ2) is 8.07. The fourth-order valence-corrected chi connectivity index (χ4v) is 5.03. The first-order valence-electron chi connectivity index (χ1n) is 8.14. The van der Waals surface area contributed by atoms with Gasteiger partial charge in [-0.2, -0.15) is 0 Å². The van der Waals surface area contributed by atoms with E-state index in [1.807, 2.05) is 0 Å². The van der Waals surface area contributed by atoms with Crippen molar-refractivity contribution in [1.82, 2.24) is 4.90 Å². The minimum Gasteiger partial charge on any atom is -0.342 e. The fourth-order valence-electron chi connectivity index (χ4n) is 3.07. The number of halogens is 2. The van der Waals surface area contributed by atoms with E-state index in [-0.39, 0.29) is 17.7 Å². The van der Waals surface area contributed by atoms with E-state index >= 15 is 0 Å². The van der Waals surface area contributed by atoms with Crippen molar-refractivity contribution in [2.24, 2.45) is 0 Å². The van der Waals surface area contributed by atoms with Gasteiger partial charge >= 0.3 is 0 Å². The van der Waals surface area contributed by atoms with Crippen molar-refractivity contribution in [1.29, 1.82) is 0 Å². The number of hydrogen-bond donors (Lipinski definition) is 0. The van der Waals surface area contributed by atoms with E-state index in [1.54, 1.807) is 24.1 Å². The van der Waals surface area contributed by atoms with Crippen LogP contribution in [0.1, 0.15) is 44.6 Å². The van der Waals surface area contributed by atoms with Crippen LogP contribution < -0.4 is 0 Å². The van der Waals surface area contributed by atoms with Gasteiger partial charge in [0.25, 0.3) is 0 Å². The molecule has 1 atom stereocenters. The lowest BCUT2D eigenvalue weighted by molar-refractivity contribution is -0.131. The molecule has 1 amide bonds. The van der Waals surface area contributed by atoms with E-state index in [2.05, 4.69) is 0 Å². The van der Waals surface area contributed by atoms with E-state index in [1.165, 1.54) is 19.4 Å². The maximum absolute atomic E-state index is 12.6. The van der Waals surface area contributed by atoms with Crippen molar-refractivity contribution >= 4 is 38.9 Å². The molecular formula is C17H23Cl2NO3S. The van der Waals surface area contributed by atoms with Crippen LogP contribution in [0.4, 0.5) is 0 Å². The van der Waals surface area contributed by atoms with Crippen LogP contribution in [0.5, 0.6) is 0 Å². The summed E-state index contributed by atoms with van der Waals surface area (Å²) in [5.74, 6) is -0.610. The summed E-state index contributed by atoms with van der Waals surface area (Å²) >= 11 is 11.9. The summed E-state index contributed by atoms with van der Waals surface area (Å²) < 4.78 is 25.3. The van der Waals surface area contributed by atoms with Gasteiger partial charge in [-0.1, -0.05) is 48.5 Å². The number of carbonyl (C=O) groups excluding carboxylic acids is 1. The Morgan fingerprint density at radius 3 is 2.46 bits per heavy atom. The van der Waals surface area contributed by atoms with Crippen molar-refractivity contribution in [3.63, 3.8) is 0 Å². The first kappa shape index (κ1) is 19.5. The summed E-state index contributed by atoms with van der Waals surface area (Å²) in [5.41, 5.74) is 0.459. The minimum absolute atomic E-state index is 0.142. The lowest BCUT2D eigenvalue weighted by Crippen LogP contribution is -2.45. The van der Waals surface area contributed by atoms with Crippen LogP contribution in [-0.2, 0) is 20.4 Å². The van der Waals surface area contributed by atoms with Crippen LogP contribution in [0.2, 0.25) is 10.0 Å². The number of sulfone groups is 1. The van der Waals surface area contributed by atoms with Crippen molar-refractivity contribution in [2.75, 3.05) is 7.05 Å². The number of rotatable bonds is 5. The number of carbonyl (C=O) groups is 1. The van der Waals surface area contributed by atoms with Gasteiger partial charge in [0, 0.05) is 23.1 Å². The number of nitrogens with zero attached hydrogens (tertiary/aromatic N) is 1. The van der Waals surface area contributed by atoms with Crippen LogP contribution in [0.3, 0.4) is 0 Å². The van der Waals surface area contributed by atoms with E-state index in [0.29, 0.717) is 15.6 Å². The van der Waals surface area contributed by atoms with Crippen LogP contribution in [0, 0.1) is 0 Å². The molecule has 0 radical (unpaired) electrons. The Morgan fingerprint density at radius 2 is 1.88 bits per heavy atom. The molecule has 2 rings (SSSR count). The largest absolute Gasteiger partial charge is 0.342 e. The third-order valence-electron chi connectivity index (χ3n) is 4.73. The number of hydrogen-bond acceptors (Lipinski definition) is 3. The zero-order valence-electron chi connectivity index (χ0n) is 14.0. The third-order valence-corrected chi connectivity index (χ3v) is 7.31. The first-order valence-corrected chi connectivity index (χ1v) is 10.6. The normalized spacial score (nSPS) is 17.5. The number of benzene rings is 1. The fraction of sp³-hybridized carbons (Fsp3) is 0.588. The molecule has 1 saturated carbocycles. The van der Waals surface area contributed by atoms with Gasteiger partial charge in [0.05, 0.1) is 5.75 Å². The molecule has 0 heterocycles. The Balaban J connectivity index is 2.11. The van der Waals surface area contributed by atoms with Gasteiger partial charge in [-0.25, -0.2) is 8.42 Å². The van der Waals surface area contributed by atoms with Crippen LogP contribution in [0.15, 0.2) is 18.2 Å². The molecule has 0 spiro atoms. The van der Waals surface area contributed by atoms with Crippen molar-refractivity contribution < 1.29 is 13.2 Å². The van der Waals surface area contributed by atoms with Gasteiger partial charge in [0.15, 0.2) is 9.84 Å². The second-order valence-electron chi connectivity index (χ2n) is 6.43. The molecule has 1 fully saturated rings. The predicted octanol–water partition coefficient (Wildman–Crippen LogP) is 4.09. The molecule has 1 aromatic carbocycles. The number of amides is 1. The van der Waals surface area contributed by atoms with Crippen molar-refractivity contribution in [3.05, 3.63) is 33.8 Å². The molecule has 1 aliphatic rings. The van der Waals surface area contributed by atoms with Crippen molar-refractivity contribution in [3.8, 4) is 0 Å². The lowest BCUT2D eigenvalue weighted by atomic mass is 9.94. The lowest BCUT2D eigenvalue weighted by Gasteiger charge is -2.32. The smallest absolute Gasteiger partial charge is 0.240 e. The average molecular weight is 392 g/mol. The molecule has 0 bridgehead atoms. The maximum Gasteiger partial charge on any atom is 0.240 e. The monoisotopic (exact) mass is 391 g/mol. The predicted molar refractivity (Wildman–Crippen MR) is 98.2 cm³/mol. The molecule has 134 valence electrons. The molecule has 7 heteroatoms. The SMILES string of the molecule is CC(C(=O)N(C)C1CCCCC1)S(=O)(=O)Cc1ccc(Cl)cc1Cl. The standard InChI is InChI=1S/C17H23Cl2NO3S/c1-12(17(21)20(2)15-6-4-3-5-7-15)24(22,23)11-13-8-9-14(18)10-16(13)19/h8-10,12,15H,3-7,11H2,1-2H3. The molecule has 0 N–H and O–H groups in total. The quantitative estimate of drug-likeness (QED) is 0.759. The molecule has 4 nitrogen and oxygen atoms in total. The van der Waals surface area contributed by atoms with Gasteiger partial charge in [0.2, 0.25) is 5.91 Å². The van der Waals surface area contributed by atoms with E-state index in [4.69, 9.17) is 23.2 Å². The topological polar surface area (TPSA) is 54.5 Å². The van der Waals surface area contributed by atoms with Gasteiger partial charge in [0.1, 0.15) is 5.25 Å². The average Bonchev–Trinajstić information content (AvgIpc) is 2.56. The summed E-state index contributed by atoms with van der Waals surface area (Å²) in [7, 11) is -1.94. The highest BCUT2D eigenvalue weighted by atomic mass is 35.5. The van der Waals surface area contributed by atoms with Crippen LogP contribution >= 0.6 is 23.2 Å². The van der Waals surface area contributed by atoms with Crippen molar-refractivity contribution in [2.45, 2.75) is 56.1 Å². The maximum atomic E-state index is 12.6. The summed E-state index contributed by atoms with van der Waals surface area (Å²) in [5, 5.41) is -0.343. The summed E-state index contributed by atoms with van der Waals surface area (Å²) in [6, 6.07) is 4.83. The minimum atomic E-state index is -3.65. The molecule has 1 unspecified atom stereocenters. The molecule has 24 heavy (non-hydrogen) atoms. The molecular weight excluding hydrogens is 369 g/mol. The second-order valence-corrected chi connectivity index (χ2v) is 9.59. The molecule has 0 aliphatic heterocycles. The Hall–Kier alpha value is -0.780. The highest BCUT2D eigenvalue weighted by molar-refractivity contribution is 7.92. The summed E-state index contributed by atoms with van der Waals surface area (Å²) in [6.07, 6.45) is 5.24. The Kier molecular flexibility index (Phi) is 6.57. The molecule has 1 aliphatic carbocycles. The third kappa shape index (κ3) is 4.64. The molecule has 0 aromatic heterocycles. The Bertz CT molecular complexity index is 700. The Morgan fingerprint density at radius 1 is 1.25 bits per heavy atom. The highest BCUT2D eigenvalue weighted by Crippen LogP contribution is 2.26. The van der Waals surface area contributed by atoms with Gasteiger partial charge < -0.3 is 4.90 Å². The molecule has 1 aromatic rings. The van der Waals surface area contributed by atoms with E-state index in [9.17, 15) is 13.2 Å². The first-order chi connectivity index (χ1) is 11.2. The zero-order chi connectivity index (χ0) is 17.9. The van der Waals surface area contributed by atoms with Crippen LogP contribution in [0.25, 0.3) is 0 Å². The summed E-state index contributed by atoms with van der Waals surface area (Å²) in [4.78, 5) is 14.2. The van der Waals surface area contributed by atoms with Gasteiger partial charge in [-0.05, 0) is 37.5 Å². The van der Waals surface area contributed by atoms with Crippen LogP contribution in [-0.4, -0.2) is 37.6 Å². The van der Waals surface area contributed by atoms with Gasteiger partial charge in [-0.15, -0.1) is 0 Å².